The molecule has 0 rings (SSSR count). The molecular weight excluding hydrogens is 358 g/mol. The number of terminal acetylenes is 1. The van der Waals surface area contributed by atoms with E-state index in [1.54, 1.807) is 0 Å². The summed E-state index contributed by atoms with van der Waals surface area (Å²) in [5, 5.41) is 0. The van der Waals surface area contributed by atoms with Gasteiger partial charge in [0, 0.05) is 0 Å². The summed E-state index contributed by atoms with van der Waals surface area (Å²) in [5.41, 5.74) is 0. The van der Waals surface area contributed by atoms with Crippen molar-refractivity contribution in [1.29, 1.82) is 0 Å². The summed E-state index contributed by atoms with van der Waals surface area (Å²) < 4.78 is 58.7. The van der Waals surface area contributed by atoms with E-state index < -0.39 is 7.91 Å². The minimum absolute atomic E-state index is 0.0163. The lowest BCUT2D eigenvalue weighted by Gasteiger charge is -2.09. The Morgan fingerprint density at radius 1 is 0.760 bits per heavy atom. The van der Waals surface area contributed by atoms with Crippen LogP contribution in [0.25, 0.3) is 0 Å². The van der Waals surface area contributed by atoms with Crippen molar-refractivity contribution < 1.29 is 41.5 Å². The van der Waals surface area contributed by atoms with Crippen molar-refractivity contribution in [3.8, 4) is 12.3 Å². The molecule has 0 N–H and O–H groups in total. The van der Waals surface area contributed by atoms with Gasteiger partial charge in [-0.1, -0.05) is 5.92 Å². The van der Waals surface area contributed by atoms with Crippen LogP contribution in [0.1, 0.15) is 6.92 Å². The Bertz CT molecular complexity index is 377. The van der Waals surface area contributed by atoms with Crippen molar-refractivity contribution in [2.45, 2.75) is 6.92 Å². The van der Waals surface area contributed by atoms with Crippen molar-refractivity contribution >= 4 is 7.91 Å². The molecule has 0 aliphatic carbocycles. The van der Waals surface area contributed by atoms with Crippen LogP contribution < -0.4 is 0 Å². The van der Waals surface area contributed by atoms with Gasteiger partial charge in [0.15, 0.2) is 0 Å². The zero-order valence-electron chi connectivity index (χ0n) is 14.7. The number of rotatable bonds is 19. The molecule has 8 nitrogen and oxygen atoms in total. The first-order chi connectivity index (χ1) is 12.1. The molecule has 0 heterocycles. The van der Waals surface area contributed by atoms with Crippen LogP contribution in [-0.2, 0) is 37.3 Å². The zero-order valence-corrected chi connectivity index (χ0v) is 15.5. The van der Waals surface area contributed by atoms with Crippen LogP contribution in [0.4, 0.5) is 4.20 Å². The monoisotopic (exact) mass is 386 g/mol. The van der Waals surface area contributed by atoms with E-state index in [1.165, 1.54) is 6.92 Å². The first kappa shape index (κ1) is 24.4. The van der Waals surface area contributed by atoms with E-state index in [1.807, 2.05) is 0 Å². The minimum Gasteiger partial charge on any atom is -0.377 e. The molecular formula is C15H28FO8P. The van der Waals surface area contributed by atoms with Crippen molar-refractivity contribution in [1.82, 2.24) is 0 Å². The van der Waals surface area contributed by atoms with Crippen molar-refractivity contribution in [2.75, 3.05) is 79.3 Å². The molecule has 148 valence electrons. The Hall–Kier alpha value is -0.560. The predicted molar refractivity (Wildman–Crippen MR) is 89.2 cm³/mol. The molecule has 0 saturated carbocycles. The van der Waals surface area contributed by atoms with E-state index >= 15 is 0 Å². The smallest absolute Gasteiger partial charge is 0.377 e. The maximum atomic E-state index is 13.0. The Morgan fingerprint density at radius 2 is 1.16 bits per heavy atom. The highest BCUT2D eigenvalue weighted by atomic mass is 31.2. The molecule has 25 heavy (non-hydrogen) atoms. The fraction of sp³-hybridized carbons (Fsp3) is 0.867. The third-order valence-corrected chi connectivity index (χ3v) is 3.49. The van der Waals surface area contributed by atoms with Gasteiger partial charge in [0.25, 0.3) is 0 Å². The molecule has 0 fully saturated rings. The Kier molecular flexibility index (Phi) is 17.8. The lowest BCUT2D eigenvalue weighted by molar-refractivity contribution is -0.0116. The van der Waals surface area contributed by atoms with Gasteiger partial charge in [0.05, 0.1) is 72.7 Å². The van der Waals surface area contributed by atoms with E-state index in [9.17, 15) is 8.76 Å². The largest absolute Gasteiger partial charge is 0.513 e. The van der Waals surface area contributed by atoms with Gasteiger partial charge in [-0.2, -0.15) is 0 Å². The van der Waals surface area contributed by atoms with Crippen molar-refractivity contribution in [2.24, 2.45) is 0 Å². The molecule has 0 spiro atoms. The van der Waals surface area contributed by atoms with Crippen LogP contribution >= 0.6 is 7.91 Å². The van der Waals surface area contributed by atoms with Gasteiger partial charge >= 0.3 is 7.91 Å². The third-order valence-electron chi connectivity index (χ3n) is 2.43. The second kappa shape index (κ2) is 18.2. The number of ether oxygens (including phenoxy) is 5. The molecule has 0 aromatic heterocycles. The van der Waals surface area contributed by atoms with E-state index in [0.29, 0.717) is 52.9 Å². The van der Waals surface area contributed by atoms with E-state index in [2.05, 4.69) is 15.0 Å². The van der Waals surface area contributed by atoms with E-state index in [4.69, 9.17) is 30.1 Å². The summed E-state index contributed by atoms with van der Waals surface area (Å²) in [5.74, 6) is 2.36. The summed E-state index contributed by atoms with van der Waals surface area (Å²) >= 11 is 0. The number of hydrogen-bond donors (Lipinski definition) is 0. The predicted octanol–water partition coefficient (Wildman–Crippen LogP) is 1.83. The molecule has 0 radical (unpaired) electrons. The van der Waals surface area contributed by atoms with Gasteiger partial charge in [-0.15, -0.1) is 10.6 Å². The molecule has 1 atom stereocenters. The molecule has 0 aromatic carbocycles. The molecule has 0 amide bonds. The number of hydrogen-bond acceptors (Lipinski definition) is 8. The normalized spacial score (nSPS) is 13.5. The molecule has 0 aliphatic rings. The zero-order chi connectivity index (χ0) is 18.6. The first-order valence-electron chi connectivity index (χ1n) is 8.03. The van der Waals surface area contributed by atoms with Gasteiger partial charge in [-0.25, -0.2) is 4.57 Å². The lowest BCUT2D eigenvalue weighted by atomic mass is 10.7. The maximum Gasteiger partial charge on any atom is 0.513 e. The first-order valence-corrected chi connectivity index (χ1v) is 9.46. The second-order valence-corrected chi connectivity index (χ2v) is 5.77. The van der Waals surface area contributed by atoms with Gasteiger partial charge in [-0.3, -0.25) is 9.05 Å². The van der Waals surface area contributed by atoms with E-state index in [0.717, 1.165) is 0 Å². The average Bonchev–Trinajstić information content (AvgIpc) is 2.57. The van der Waals surface area contributed by atoms with Gasteiger partial charge < -0.3 is 23.7 Å². The van der Waals surface area contributed by atoms with Gasteiger partial charge in [0.1, 0.15) is 6.61 Å². The molecule has 10 heteroatoms. The minimum atomic E-state index is -4.44. The summed E-state index contributed by atoms with van der Waals surface area (Å²) in [6.45, 7) is 5.19. The summed E-state index contributed by atoms with van der Waals surface area (Å²) in [7, 11) is -4.44. The molecule has 0 aliphatic heterocycles. The average molecular weight is 386 g/mol. The topological polar surface area (TPSA) is 81.7 Å². The van der Waals surface area contributed by atoms with Crippen LogP contribution in [-0.4, -0.2) is 79.3 Å². The van der Waals surface area contributed by atoms with Crippen LogP contribution in [0.5, 0.6) is 0 Å². The maximum absolute atomic E-state index is 13.0. The SMILES string of the molecule is C#CCOCCOCCOCCOCCOCCOP(=O)(F)OCC. The Morgan fingerprint density at radius 3 is 1.56 bits per heavy atom. The second-order valence-electron chi connectivity index (χ2n) is 4.39. The lowest BCUT2D eigenvalue weighted by Crippen LogP contribution is -2.13. The quantitative estimate of drug-likeness (QED) is 0.189. The van der Waals surface area contributed by atoms with E-state index in [-0.39, 0.29) is 26.4 Å². The highest BCUT2D eigenvalue weighted by Gasteiger charge is 2.22. The summed E-state index contributed by atoms with van der Waals surface area (Å²) in [6, 6.07) is 0. The number of halogens is 1. The van der Waals surface area contributed by atoms with Crippen LogP contribution in [0.15, 0.2) is 0 Å². The standard InChI is InChI=1S/C15H28FO8P/c1-3-5-18-6-7-19-8-9-20-10-11-21-12-13-22-14-15-24-25(16,17)23-4-2/h1H,4-15H2,2H3. The van der Waals surface area contributed by atoms with Crippen LogP contribution in [0, 0.1) is 12.3 Å². The Labute approximate surface area is 148 Å². The van der Waals surface area contributed by atoms with Crippen LogP contribution in [0.3, 0.4) is 0 Å². The third kappa shape index (κ3) is 19.6. The molecule has 0 aromatic rings. The molecule has 0 bridgehead atoms. The highest BCUT2D eigenvalue weighted by Crippen LogP contribution is 2.49. The molecule has 1 unspecified atom stereocenters. The Balaban J connectivity index is 3.12. The fourth-order valence-corrected chi connectivity index (χ4v) is 2.08. The highest BCUT2D eigenvalue weighted by molar-refractivity contribution is 7.48. The van der Waals surface area contributed by atoms with Gasteiger partial charge in [-0.05, 0) is 6.92 Å². The van der Waals surface area contributed by atoms with Crippen molar-refractivity contribution in [3.05, 3.63) is 0 Å². The summed E-state index contributed by atoms with van der Waals surface area (Å²) in [6.07, 6.45) is 5.03. The molecule has 0 saturated heterocycles. The van der Waals surface area contributed by atoms with Crippen molar-refractivity contribution in [3.63, 3.8) is 0 Å². The van der Waals surface area contributed by atoms with Gasteiger partial charge in [0.2, 0.25) is 0 Å². The summed E-state index contributed by atoms with van der Waals surface area (Å²) in [4.78, 5) is 0. The van der Waals surface area contributed by atoms with Crippen LogP contribution in [0.2, 0.25) is 0 Å². The fourth-order valence-electron chi connectivity index (χ4n) is 1.41.